The molecule has 4 N–H and O–H groups in total. The Morgan fingerprint density at radius 1 is 0.400 bits per heavy atom. The lowest BCUT2D eigenvalue weighted by molar-refractivity contribution is 0.103. The maximum Gasteiger partial charge on any atom is 0.135 e. The van der Waals surface area contributed by atoms with Crippen LogP contribution in [0.4, 0.5) is 0 Å². The first-order valence-electron chi connectivity index (χ1n) is 17.3. The highest BCUT2D eigenvalue weighted by molar-refractivity contribution is 7.99. The zero-order valence-electron chi connectivity index (χ0n) is 31.8. The summed E-state index contributed by atoms with van der Waals surface area (Å²) >= 11 is 2.68. The van der Waals surface area contributed by atoms with Crippen LogP contribution >= 0.6 is 23.5 Å². The molecule has 0 radical (unpaired) electrons. The lowest BCUT2D eigenvalue weighted by Gasteiger charge is -2.26. The highest BCUT2D eigenvalue weighted by Crippen LogP contribution is 2.49. The molecule has 1 heterocycles. The smallest absolute Gasteiger partial charge is 0.135 e. The highest BCUT2D eigenvalue weighted by Gasteiger charge is 2.27. The summed E-state index contributed by atoms with van der Waals surface area (Å²) in [6.45, 7) is 25.9. The van der Waals surface area contributed by atoms with Crippen molar-refractivity contribution in [2.45, 2.75) is 144 Å². The monoisotopic (exact) mass is 714 g/mol. The van der Waals surface area contributed by atoms with E-state index < -0.39 is 0 Å². The van der Waals surface area contributed by atoms with E-state index in [2.05, 4.69) is 83.1 Å². The van der Waals surface area contributed by atoms with Crippen molar-refractivity contribution in [3.05, 3.63) is 93.0 Å². The minimum Gasteiger partial charge on any atom is -0.506 e. The van der Waals surface area contributed by atoms with E-state index in [-0.39, 0.29) is 57.9 Å². The Labute approximate surface area is 307 Å². The first-order valence-corrected chi connectivity index (χ1v) is 19.0. The summed E-state index contributed by atoms with van der Waals surface area (Å²) in [4.78, 5) is 2.52. The predicted octanol–water partition coefficient (Wildman–Crippen LogP) is 11.6. The van der Waals surface area contributed by atoms with E-state index in [1.807, 2.05) is 48.5 Å². The second-order valence-electron chi connectivity index (χ2n) is 17.8. The average molecular weight is 715 g/mol. The van der Waals surface area contributed by atoms with E-state index in [0.717, 1.165) is 22.3 Å². The number of fused-ring (bicyclic) bond motifs is 8. The first kappa shape index (κ1) is 38.0. The molecule has 4 aromatic carbocycles. The van der Waals surface area contributed by atoms with Gasteiger partial charge in [0.25, 0.3) is 0 Å². The lowest BCUT2D eigenvalue weighted by atomic mass is 9.83. The molecule has 0 aliphatic carbocycles. The normalized spacial score (nSPS) is 14.6. The minimum atomic E-state index is -0.229. The molecule has 0 unspecified atom stereocenters. The van der Waals surface area contributed by atoms with Crippen LogP contribution in [0.25, 0.3) is 0 Å². The summed E-state index contributed by atoms with van der Waals surface area (Å²) in [5, 5.41) is 47.2. The Bertz CT molecular complexity index is 1790. The Balaban J connectivity index is 1.83. The van der Waals surface area contributed by atoms with Gasteiger partial charge in [0.15, 0.2) is 0 Å². The maximum atomic E-state index is 11.9. The third-order valence-electron chi connectivity index (χ3n) is 9.42. The van der Waals surface area contributed by atoms with Crippen LogP contribution in [0.5, 0.6) is 23.0 Å². The second kappa shape index (κ2) is 13.4. The number of phenolic OH excluding ortho intramolecular Hbond substituents is 4. The van der Waals surface area contributed by atoms with Gasteiger partial charge in [0.1, 0.15) is 23.0 Å². The van der Waals surface area contributed by atoms with Gasteiger partial charge in [-0.1, -0.05) is 119 Å². The van der Waals surface area contributed by atoms with Crippen LogP contribution in [0, 0.1) is 0 Å². The van der Waals surface area contributed by atoms with Gasteiger partial charge >= 0.3 is 0 Å². The summed E-state index contributed by atoms with van der Waals surface area (Å²) in [5.74, 6) is 0.459. The molecule has 0 saturated carbocycles. The van der Waals surface area contributed by atoms with Crippen molar-refractivity contribution >= 4 is 23.5 Å². The zero-order chi connectivity index (χ0) is 37.1. The Morgan fingerprint density at radius 3 is 0.900 bits per heavy atom. The van der Waals surface area contributed by atoms with Crippen molar-refractivity contribution in [1.29, 1.82) is 0 Å². The summed E-state index contributed by atoms with van der Waals surface area (Å²) in [7, 11) is 0. The molecule has 0 saturated heterocycles. The van der Waals surface area contributed by atoms with Crippen molar-refractivity contribution in [3.63, 3.8) is 0 Å². The summed E-state index contributed by atoms with van der Waals surface area (Å²) in [6.07, 6.45) is 0.291. The molecule has 0 amide bonds. The largest absolute Gasteiger partial charge is 0.506 e. The summed E-state index contributed by atoms with van der Waals surface area (Å²) < 4.78 is 6.28. The third-order valence-corrected chi connectivity index (χ3v) is 11.5. The van der Waals surface area contributed by atoms with Crippen molar-refractivity contribution in [2.75, 3.05) is 0 Å². The molecule has 4 aromatic rings. The topological polar surface area (TPSA) is 90.2 Å². The molecule has 0 aromatic heterocycles. The van der Waals surface area contributed by atoms with E-state index in [1.54, 1.807) is 0 Å². The molecule has 5 nitrogen and oxygen atoms in total. The highest BCUT2D eigenvalue weighted by atomic mass is 32.2. The Kier molecular flexibility index (Phi) is 10.2. The molecule has 0 spiro atoms. The van der Waals surface area contributed by atoms with Crippen LogP contribution in [-0.4, -0.2) is 20.4 Å². The van der Waals surface area contributed by atoms with Crippen LogP contribution < -0.4 is 0 Å². The molecule has 268 valence electrons. The van der Waals surface area contributed by atoms with Crippen LogP contribution in [-0.2, 0) is 46.0 Å². The van der Waals surface area contributed by atoms with Gasteiger partial charge in [-0.15, -0.1) is 0 Å². The average Bonchev–Trinajstić information content (AvgIpc) is 2.97. The van der Waals surface area contributed by atoms with Crippen LogP contribution in [0.2, 0.25) is 0 Å². The molecule has 1 aliphatic heterocycles. The molecule has 0 fully saturated rings. The van der Waals surface area contributed by atoms with Crippen molar-refractivity contribution in [2.24, 2.45) is 0 Å². The van der Waals surface area contributed by atoms with E-state index in [0.29, 0.717) is 48.3 Å². The Hall–Kier alpha value is -3.26. The van der Waals surface area contributed by atoms with Gasteiger partial charge in [-0.2, -0.15) is 0 Å². The molecular weight excluding hydrogens is 661 g/mol. The number of rotatable bonds is 0. The number of benzene rings is 4. The lowest BCUT2D eigenvalue weighted by Crippen LogP contribution is -2.13. The number of aromatic hydroxyl groups is 4. The van der Waals surface area contributed by atoms with Gasteiger partial charge in [0, 0.05) is 17.5 Å². The van der Waals surface area contributed by atoms with Crippen LogP contribution in [0.15, 0.2) is 68.1 Å². The summed E-state index contributed by atoms with van der Waals surface area (Å²) in [5.41, 5.74) is 5.91. The predicted molar refractivity (Wildman–Crippen MR) is 207 cm³/mol. The van der Waals surface area contributed by atoms with Gasteiger partial charge in [-0.3, -0.25) is 0 Å². The van der Waals surface area contributed by atoms with Crippen molar-refractivity contribution in [3.8, 4) is 23.0 Å². The van der Waals surface area contributed by atoms with Gasteiger partial charge in [-0.05, 0) is 91.4 Å². The molecule has 50 heavy (non-hydrogen) atoms. The van der Waals surface area contributed by atoms with Crippen molar-refractivity contribution < 1.29 is 25.2 Å². The SMILES string of the molecule is CC(C)(C)c1cc2c(O)c(c1)Sc1cc(C(C)(C)C)cc(c1O)Cc1cc(C(C)(C)C)cc(c1O)Sc1cc(C(C)(C)C)cc(c1O)COC2. The van der Waals surface area contributed by atoms with E-state index >= 15 is 0 Å². The van der Waals surface area contributed by atoms with Gasteiger partial charge in [-0.25, -0.2) is 0 Å². The van der Waals surface area contributed by atoms with Crippen molar-refractivity contribution in [1.82, 2.24) is 0 Å². The zero-order valence-corrected chi connectivity index (χ0v) is 33.4. The minimum absolute atomic E-state index is 0.107. The number of hydrogen-bond acceptors (Lipinski definition) is 7. The van der Waals surface area contributed by atoms with E-state index in [1.165, 1.54) is 23.5 Å². The van der Waals surface area contributed by atoms with E-state index in [4.69, 9.17) is 4.74 Å². The van der Waals surface area contributed by atoms with E-state index in [9.17, 15) is 20.4 Å². The second-order valence-corrected chi connectivity index (χ2v) is 20.0. The fourth-order valence-corrected chi connectivity index (χ4v) is 8.04. The molecular formula is C43H54O5S2. The van der Waals surface area contributed by atoms with Gasteiger partial charge in [0.2, 0.25) is 0 Å². The molecule has 5 rings (SSSR count). The van der Waals surface area contributed by atoms with Crippen LogP contribution in [0.3, 0.4) is 0 Å². The molecule has 0 atom stereocenters. The quantitative estimate of drug-likeness (QED) is 0.144. The standard InChI is InChI=1S/C43H54O5S2/c1-40(2,3)28-14-24-13-25-15-29(41(4,5)6)19-33(37(25)45)50-35-21-31(43(10,11)12)17-27(39(35)47)23-48-22-26-16-30(42(7,8)9)20-34(38(26)46)49-32(18-28)36(24)44/h14-21,44-47H,13,22-23H2,1-12H3. The fourth-order valence-electron chi connectivity index (χ4n) is 5.91. The van der Waals surface area contributed by atoms with Gasteiger partial charge < -0.3 is 25.2 Å². The molecule has 8 bridgehead atoms. The number of ether oxygens (including phenoxy) is 1. The number of hydrogen-bond donors (Lipinski definition) is 4. The molecule has 7 heteroatoms. The fraction of sp³-hybridized carbons (Fsp3) is 0.442. The maximum absolute atomic E-state index is 11.9. The number of phenols is 4. The summed E-state index contributed by atoms with van der Waals surface area (Å²) in [6, 6.07) is 16.1. The first-order chi connectivity index (χ1) is 22.9. The third kappa shape index (κ3) is 8.11. The van der Waals surface area contributed by atoms with Crippen LogP contribution in [0.1, 0.15) is 128 Å². The Morgan fingerprint density at radius 2 is 0.640 bits per heavy atom. The molecule has 1 aliphatic rings. The van der Waals surface area contributed by atoms with Gasteiger partial charge in [0.05, 0.1) is 32.8 Å².